The standard InChI is InChI=1S/C34H46N2O7S/c1-25(2)16-18-44(39,40)19-17-33(43-30-15-9-14-29(22-30)42-4)34(38)36-31(21-26-10-6-5-7-11-26)32(37)24-35-23-27-12-8-13-28(20-27)41-3/h5-15,20,22,25,31-33,35,37H,16-19,21,23-24H2,1-4H3,(H,36,38)/t31?,32-,33?/m1/s1. The molecule has 0 bridgehead atoms. The lowest BCUT2D eigenvalue weighted by Crippen LogP contribution is -2.52. The van der Waals surface area contributed by atoms with E-state index in [-0.39, 0.29) is 30.4 Å². The van der Waals surface area contributed by atoms with Gasteiger partial charge in [-0.05, 0) is 54.2 Å². The Morgan fingerprint density at radius 3 is 2.11 bits per heavy atom. The minimum absolute atomic E-state index is 0.0360. The monoisotopic (exact) mass is 626 g/mol. The summed E-state index contributed by atoms with van der Waals surface area (Å²) < 4.78 is 42.2. The highest BCUT2D eigenvalue weighted by molar-refractivity contribution is 7.91. The summed E-state index contributed by atoms with van der Waals surface area (Å²) in [6, 6.07) is 23.4. The smallest absolute Gasteiger partial charge is 0.261 e. The summed E-state index contributed by atoms with van der Waals surface area (Å²) in [5, 5.41) is 17.5. The number of nitrogens with one attached hydrogen (secondary N) is 2. The van der Waals surface area contributed by atoms with Crippen molar-refractivity contribution in [3.8, 4) is 17.2 Å². The zero-order valence-corrected chi connectivity index (χ0v) is 26.9. The minimum Gasteiger partial charge on any atom is -0.497 e. The number of aliphatic hydroxyl groups excluding tert-OH is 1. The van der Waals surface area contributed by atoms with Crippen LogP contribution in [0.25, 0.3) is 0 Å². The topological polar surface area (TPSA) is 123 Å². The summed E-state index contributed by atoms with van der Waals surface area (Å²) in [5.41, 5.74) is 1.93. The van der Waals surface area contributed by atoms with E-state index in [2.05, 4.69) is 10.6 Å². The van der Waals surface area contributed by atoms with Crippen molar-refractivity contribution < 1.29 is 32.5 Å². The molecule has 1 amide bonds. The summed E-state index contributed by atoms with van der Waals surface area (Å²) in [4.78, 5) is 13.7. The summed E-state index contributed by atoms with van der Waals surface area (Å²) >= 11 is 0. The fourth-order valence-electron chi connectivity index (χ4n) is 4.60. The maximum absolute atomic E-state index is 13.7. The highest BCUT2D eigenvalue weighted by Crippen LogP contribution is 2.22. The summed E-state index contributed by atoms with van der Waals surface area (Å²) in [6.45, 7) is 4.65. The van der Waals surface area contributed by atoms with E-state index >= 15 is 0 Å². The number of methoxy groups -OCH3 is 2. The fourth-order valence-corrected chi connectivity index (χ4v) is 6.21. The molecule has 44 heavy (non-hydrogen) atoms. The van der Waals surface area contributed by atoms with Crippen LogP contribution in [0.3, 0.4) is 0 Å². The first kappa shape index (κ1) is 34.9. The van der Waals surface area contributed by atoms with Gasteiger partial charge in [-0.3, -0.25) is 4.79 Å². The van der Waals surface area contributed by atoms with Gasteiger partial charge < -0.3 is 30.0 Å². The molecule has 3 aromatic rings. The van der Waals surface area contributed by atoms with Crippen molar-refractivity contribution in [2.45, 2.75) is 57.9 Å². The number of hydrogen-bond acceptors (Lipinski definition) is 8. The Kier molecular flexibility index (Phi) is 14.0. The van der Waals surface area contributed by atoms with E-state index in [1.807, 2.05) is 68.4 Å². The summed E-state index contributed by atoms with van der Waals surface area (Å²) in [6.07, 6.45) is -1.17. The molecular formula is C34H46N2O7S. The van der Waals surface area contributed by atoms with Crippen LogP contribution < -0.4 is 24.8 Å². The van der Waals surface area contributed by atoms with Crippen molar-refractivity contribution in [1.29, 1.82) is 0 Å². The second kappa shape index (κ2) is 17.6. The SMILES string of the molecule is COc1cccc(CNC[C@@H](O)C(Cc2ccccc2)NC(=O)C(CCS(=O)(=O)CCC(C)C)Oc2cccc(OC)c2)c1. The van der Waals surface area contributed by atoms with Gasteiger partial charge in [-0.15, -0.1) is 0 Å². The van der Waals surface area contributed by atoms with Gasteiger partial charge in [-0.2, -0.15) is 0 Å². The van der Waals surface area contributed by atoms with Crippen molar-refractivity contribution in [3.63, 3.8) is 0 Å². The first-order valence-corrected chi connectivity index (χ1v) is 16.8. The average Bonchev–Trinajstić information content (AvgIpc) is 3.02. The Morgan fingerprint density at radius 1 is 0.818 bits per heavy atom. The number of sulfone groups is 1. The summed E-state index contributed by atoms with van der Waals surface area (Å²) in [7, 11) is -0.259. The molecule has 0 aliphatic heterocycles. The van der Waals surface area contributed by atoms with Crippen LogP contribution in [-0.2, 0) is 27.6 Å². The number of hydrogen-bond donors (Lipinski definition) is 3. The van der Waals surface area contributed by atoms with Crippen LogP contribution in [0.15, 0.2) is 78.9 Å². The van der Waals surface area contributed by atoms with Crippen molar-refractivity contribution in [2.75, 3.05) is 32.3 Å². The molecule has 0 aromatic heterocycles. The van der Waals surface area contributed by atoms with Gasteiger partial charge in [0.25, 0.3) is 5.91 Å². The van der Waals surface area contributed by atoms with E-state index in [0.29, 0.717) is 30.9 Å². The van der Waals surface area contributed by atoms with E-state index in [9.17, 15) is 18.3 Å². The lowest BCUT2D eigenvalue weighted by Gasteiger charge is -2.27. The van der Waals surface area contributed by atoms with Gasteiger partial charge >= 0.3 is 0 Å². The van der Waals surface area contributed by atoms with Crippen LogP contribution in [0, 0.1) is 5.92 Å². The molecule has 0 aliphatic rings. The molecule has 3 rings (SSSR count). The number of carbonyl (C=O) groups is 1. The molecule has 9 nitrogen and oxygen atoms in total. The third-order valence-corrected chi connectivity index (χ3v) is 8.93. The Labute approximate surface area is 261 Å². The fraction of sp³-hybridized carbons (Fsp3) is 0.441. The van der Waals surface area contributed by atoms with Gasteiger partial charge in [0.15, 0.2) is 6.10 Å². The molecule has 0 heterocycles. The molecule has 2 unspecified atom stereocenters. The van der Waals surface area contributed by atoms with Crippen LogP contribution in [-0.4, -0.2) is 70.0 Å². The normalized spacial score (nSPS) is 13.6. The molecule has 0 saturated heterocycles. The molecule has 0 radical (unpaired) electrons. The third kappa shape index (κ3) is 12.2. The highest BCUT2D eigenvalue weighted by atomic mass is 32.2. The third-order valence-electron chi connectivity index (χ3n) is 7.22. The van der Waals surface area contributed by atoms with Crippen LogP contribution in [0.1, 0.15) is 37.8 Å². The van der Waals surface area contributed by atoms with Gasteiger partial charge in [-0.25, -0.2) is 8.42 Å². The van der Waals surface area contributed by atoms with E-state index < -0.39 is 34.0 Å². The Morgan fingerprint density at radius 2 is 1.43 bits per heavy atom. The van der Waals surface area contributed by atoms with Crippen molar-refractivity contribution in [3.05, 3.63) is 90.0 Å². The van der Waals surface area contributed by atoms with Crippen LogP contribution in [0.2, 0.25) is 0 Å². The maximum atomic E-state index is 13.7. The zero-order valence-electron chi connectivity index (χ0n) is 26.1. The lowest BCUT2D eigenvalue weighted by molar-refractivity contribution is -0.129. The minimum atomic E-state index is -3.40. The molecular weight excluding hydrogens is 580 g/mol. The van der Waals surface area contributed by atoms with Gasteiger partial charge in [-0.1, -0.05) is 62.4 Å². The second-order valence-electron chi connectivity index (χ2n) is 11.3. The number of amides is 1. The molecule has 3 aromatic carbocycles. The molecule has 0 spiro atoms. The molecule has 0 aliphatic carbocycles. The Bertz CT molecular complexity index is 1400. The number of aliphatic hydroxyl groups is 1. The van der Waals surface area contributed by atoms with Crippen LogP contribution in [0.5, 0.6) is 17.2 Å². The Hall–Kier alpha value is -3.60. The largest absolute Gasteiger partial charge is 0.497 e. The molecule has 10 heteroatoms. The lowest BCUT2D eigenvalue weighted by atomic mass is 10.0. The quantitative estimate of drug-likeness (QED) is 0.181. The predicted molar refractivity (Wildman–Crippen MR) is 173 cm³/mol. The van der Waals surface area contributed by atoms with E-state index in [4.69, 9.17) is 14.2 Å². The van der Waals surface area contributed by atoms with Gasteiger partial charge in [0.2, 0.25) is 0 Å². The van der Waals surface area contributed by atoms with Crippen molar-refractivity contribution in [1.82, 2.24) is 10.6 Å². The first-order valence-electron chi connectivity index (χ1n) is 15.0. The molecule has 3 atom stereocenters. The maximum Gasteiger partial charge on any atom is 0.261 e. The van der Waals surface area contributed by atoms with Crippen molar-refractivity contribution in [2.24, 2.45) is 5.92 Å². The molecule has 0 fully saturated rings. The summed E-state index contributed by atoms with van der Waals surface area (Å²) in [5.74, 6) is 1.26. The second-order valence-corrected chi connectivity index (χ2v) is 13.6. The van der Waals surface area contributed by atoms with Crippen LogP contribution in [0.4, 0.5) is 0 Å². The highest BCUT2D eigenvalue weighted by Gasteiger charge is 2.29. The van der Waals surface area contributed by atoms with Gasteiger partial charge in [0.1, 0.15) is 27.1 Å². The Balaban J connectivity index is 1.76. The van der Waals surface area contributed by atoms with Crippen LogP contribution >= 0.6 is 0 Å². The van der Waals surface area contributed by atoms with E-state index in [1.165, 1.54) is 7.11 Å². The number of benzene rings is 3. The predicted octanol–water partition coefficient (Wildman–Crippen LogP) is 4.18. The number of ether oxygens (including phenoxy) is 3. The first-order chi connectivity index (χ1) is 21.1. The van der Waals surface area contributed by atoms with Crippen molar-refractivity contribution >= 4 is 15.7 Å². The number of rotatable bonds is 19. The van der Waals surface area contributed by atoms with Gasteiger partial charge in [0.05, 0.1) is 37.9 Å². The van der Waals surface area contributed by atoms with E-state index in [1.54, 1.807) is 31.4 Å². The van der Waals surface area contributed by atoms with Gasteiger partial charge in [0, 0.05) is 25.6 Å². The zero-order chi connectivity index (χ0) is 32.0. The molecule has 240 valence electrons. The average molecular weight is 627 g/mol. The number of carbonyl (C=O) groups excluding carboxylic acids is 1. The van der Waals surface area contributed by atoms with E-state index in [0.717, 1.165) is 16.9 Å². The molecule has 0 saturated carbocycles. The molecule has 3 N–H and O–H groups in total.